The second kappa shape index (κ2) is 7.36. The number of carbonyl (C=O) groups is 1. The molecule has 0 N–H and O–H groups in total. The fraction of sp³-hybridized carbons (Fsp3) is 0.222. The predicted octanol–water partition coefficient (Wildman–Crippen LogP) is 4.84. The third-order valence-electron chi connectivity index (χ3n) is 3.78. The first-order valence-electron chi connectivity index (χ1n) is 7.63. The summed E-state index contributed by atoms with van der Waals surface area (Å²) in [5.74, 6) is -0.491. The second-order valence-electron chi connectivity index (χ2n) is 5.34. The number of halogens is 2. The van der Waals surface area contributed by atoms with E-state index in [2.05, 4.69) is 20.9 Å². The van der Waals surface area contributed by atoms with Gasteiger partial charge in [0.2, 0.25) is 0 Å². The summed E-state index contributed by atoms with van der Waals surface area (Å²) in [7, 11) is 0. The van der Waals surface area contributed by atoms with Crippen molar-refractivity contribution in [1.82, 2.24) is 9.38 Å². The van der Waals surface area contributed by atoms with E-state index in [1.165, 1.54) is 0 Å². The molecule has 0 radical (unpaired) electrons. The number of nitrogens with zero attached hydrogens (tertiary/aromatic N) is 2. The minimum absolute atomic E-state index is 0.206. The molecule has 0 aliphatic heterocycles. The molecule has 0 aliphatic carbocycles. The number of aromatic nitrogens is 2. The zero-order chi connectivity index (χ0) is 17.1. The van der Waals surface area contributed by atoms with Crippen LogP contribution < -0.4 is 0 Å². The van der Waals surface area contributed by atoms with Crippen molar-refractivity contribution in [2.45, 2.75) is 19.3 Å². The van der Waals surface area contributed by atoms with Gasteiger partial charge in [0.15, 0.2) is 5.15 Å². The largest absolute Gasteiger partial charge is 0.466 e. The van der Waals surface area contributed by atoms with Crippen LogP contribution in [0.4, 0.5) is 0 Å². The number of imidazole rings is 1. The molecule has 3 aromatic rings. The summed E-state index contributed by atoms with van der Waals surface area (Å²) in [5, 5.41) is 0.395. The monoisotopic (exact) mass is 406 g/mol. The molecule has 6 heteroatoms. The van der Waals surface area contributed by atoms with Crippen LogP contribution in [-0.4, -0.2) is 22.0 Å². The molecule has 124 valence electrons. The molecule has 0 spiro atoms. The summed E-state index contributed by atoms with van der Waals surface area (Å²) < 4.78 is 7.98. The van der Waals surface area contributed by atoms with Crippen LogP contribution in [0.2, 0.25) is 5.15 Å². The van der Waals surface area contributed by atoms with E-state index < -0.39 is 0 Å². The Morgan fingerprint density at radius 2 is 2.04 bits per heavy atom. The maximum absolute atomic E-state index is 12.1. The van der Waals surface area contributed by atoms with E-state index in [-0.39, 0.29) is 18.3 Å². The Balaban J connectivity index is 2.13. The highest BCUT2D eigenvalue weighted by Crippen LogP contribution is 2.34. The molecule has 1 atom stereocenters. The summed E-state index contributed by atoms with van der Waals surface area (Å²) in [6.07, 6.45) is 2.11. The molecule has 0 saturated carbocycles. The SMILES string of the molecule is CCOC(=O)CC(c1ccccc1)c1c(Cl)nc2ccc(Br)cn12. The quantitative estimate of drug-likeness (QED) is 0.569. The Morgan fingerprint density at radius 1 is 1.29 bits per heavy atom. The lowest BCUT2D eigenvalue weighted by atomic mass is 9.93. The van der Waals surface area contributed by atoms with Crippen molar-refractivity contribution in [2.24, 2.45) is 0 Å². The normalized spacial score (nSPS) is 12.3. The van der Waals surface area contributed by atoms with Gasteiger partial charge in [0, 0.05) is 16.6 Å². The van der Waals surface area contributed by atoms with Crippen molar-refractivity contribution in [3.8, 4) is 0 Å². The molecular weight excluding hydrogens is 392 g/mol. The first kappa shape index (κ1) is 17.0. The fourth-order valence-corrected chi connectivity index (χ4v) is 3.41. The molecule has 3 rings (SSSR count). The molecule has 0 amide bonds. The van der Waals surface area contributed by atoms with Crippen molar-refractivity contribution >= 4 is 39.1 Å². The van der Waals surface area contributed by atoms with Crippen LogP contribution in [-0.2, 0) is 9.53 Å². The molecule has 0 saturated heterocycles. The smallest absolute Gasteiger partial charge is 0.306 e. The average Bonchev–Trinajstić information content (AvgIpc) is 2.89. The van der Waals surface area contributed by atoms with Crippen LogP contribution in [0.15, 0.2) is 53.1 Å². The molecule has 0 bridgehead atoms. The summed E-state index contributed by atoms with van der Waals surface area (Å²) >= 11 is 9.90. The standard InChI is InChI=1S/C18H16BrClN2O2/c1-2-24-16(23)10-14(12-6-4-3-5-7-12)17-18(20)21-15-9-8-13(19)11-22(15)17/h3-9,11,14H,2,10H2,1H3. The molecule has 4 nitrogen and oxygen atoms in total. The van der Waals surface area contributed by atoms with Gasteiger partial charge in [-0.1, -0.05) is 41.9 Å². The van der Waals surface area contributed by atoms with Gasteiger partial charge >= 0.3 is 5.97 Å². The highest BCUT2D eigenvalue weighted by atomic mass is 79.9. The molecule has 24 heavy (non-hydrogen) atoms. The maximum Gasteiger partial charge on any atom is 0.306 e. The number of hydrogen-bond acceptors (Lipinski definition) is 3. The minimum atomic E-state index is -0.257. The van der Waals surface area contributed by atoms with Gasteiger partial charge in [0.1, 0.15) is 5.65 Å². The Labute approximate surface area is 153 Å². The van der Waals surface area contributed by atoms with E-state index in [0.29, 0.717) is 11.8 Å². The first-order valence-corrected chi connectivity index (χ1v) is 8.80. The molecule has 1 unspecified atom stereocenters. The first-order chi connectivity index (χ1) is 11.6. The number of carbonyl (C=O) groups excluding carboxylic acids is 1. The summed E-state index contributed by atoms with van der Waals surface area (Å²) in [6, 6.07) is 13.6. The number of benzene rings is 1. The Hall–Kier alpha value is -1.85. The third kappa shape index (κ3) is 3.47. The molecule has 1 aromatic carbocycles. The fourth-order valence-electron chi connectivity index (χ4n) is 2.76. The van der Waals surface area contributed by atoms with Crippen molar-refractivity contribution in [3.63, 3.8) is 0 Å². The zero-order valence-electron chi connectivity index (χ0n) is 13.1. The highest BCUT2D eigenvalue weighted by Gasteiger charge is 2.25. The number of pyridine rings is 1. The van der Waals surface area contributed by atoms with E-state index in [1.54, 1.807) is 6.92 Å². The van der Waals surface area contributed by atoms with E-state index in [1.807, 2.05) is 53.1 Å². The van der Waals surface area contributed by atoms with Crippen LogP contribution >= 0.6 is 27.5 Å². The summed E-state index contributed by atoms with van der Waals surface area (Å²) in [5.41, 5.74) is 2.52. The van der Waals surface area contributed by atoms with Gasteiger partial charge in [-0.25, -0.2) is 4.98 Å². The zero-order valence-corrected chi connectivity index (χ0v) is 15.4. The van der Waals surface area contributed by atoms with E-state index in [9.17, 15) is 4.79 Å². The van der Waals surface area contributed by atoms with E-state index >= 15 is 0 Å². The van der Waals surface area contributed by atoms with Gasteiger partial charge in [-0.05, 0) is 40.5 Å². The summed E-state index contributed by atoms with van der Waals surface area (Å²) in [6.45, 7) is 2.15. The molecule has 0 fully saturated rings. The Morgan fingerprint density at radius 3 is 2.75 bits per heavy atom. The maximum atomic E-state index is 12.1. The molecule has 2 heterocycles. The Bertz CT molecular complexity index is 864. The van der Waals surface area contributed by atoms with Crippen LogP contribution in [0.5, 0.6) is 0 Å². The predicted molar refractivity (Wildman–Crippen MR) is 97.4 cm³/mol. The number of ether oxygens (including phenoxy) is 1. The van der Waals surface area contributed by atoms with Crippen LogP contribution in [0.1, 0.15) is 30.5 Å². The van der Waals surface area contributed by atoms with Gasteiger partial charge in [-0.15, -0.1) is 0 Å². The lowest BCUT2D eigenvalue weighted by Gasteiger charge is -2.17. The third-order valence-corrected chi connectivity index (χ3v) is 4.53. The number of esters is 1. The lowest BCUT2D eigenvalue weighted by Crippen LogP contribution is -2.13. The Kier molecular flexibility index (Phi) is 5.21. The van der Waals surface area contributed by atoms with E-state index in [0.717, 1.165) is 21.4 Å². The summed E-state index contributed by atoms with van der Waals surface area (Å²) in [4.78, 5) is 16.5. The lowest BCUT2D eigenvalue weighted by molar-refractivity contribution is -0.143. The minimum Gasteiger partial charge on any atom is -0.466 e. The van der Waals surface area contributed by atoms with Crippen molar-refractivity contribution in [3.05, 3.63) is 69.5 Å². The van der Waals surface area contributed by atoms with Crippen molar-refractivity contribution in [1.29, 1.82) is 0 Å². The second-order valence-corrected chi connectivity index (χ2v) is 6.61. The van der Waals surface area contributed by atoms with Gasteiger partial charge < -0.3 is 9.14 Å². The van der Waals surface area contributed by atoms with Crippen molar-refractivity contribution in [2.75, 3.05) is 6.61 Å². The molecule has 0 aliphatic rings. The number of rotatable bonds is 5. The van der Waals surface area contributed by atoms with Crippen LogP contribution in [0.25, 0.3) is 5.65 Å². The highest BCUT2D eigenvalue weighted by molar-refractivity contribution is 9.10. The number of fused-ring (bicyclic) bond motifs is 1. The van der Waals surface area contributed by atoms with Gasteiger partial charge in [0.25, 0.3) is 0 Å². The van der Waals surface area contributed by atoms with Gasteiger partial charge in [0.05, 0.1) is 18.7 Å². The van der Waals surface area contributed by atoms with E-state index in [4.69, 9.17) is 16.3 Å². The van der Waals surface area contributed by atoms with Crippen LogP contribution in [0, 0.1) is 0 Å². The van der Waals surface area contributed by atoms with Crippen molar-refractivity contribution < 1.29 is 9.53 Å². The average molecular weight is 408 g/mol. The molecule has 2 aromatic heterocycles. The van der Waals surface area contributed by atoms with Crippen LogP contribution in [0.3, 0.4) is 0 Å². The molecular formula is C18H16BrClN2O2. The number of hydrogen-bond donors (Lipinski definition) is 0. The van der Waals surface area contributed by atoms with Gasteiger partial charge in [-0.2, -0.15) is 0 Å². The van der Waals surface area contributed by atoms with Gasteiger partial charge in [-0.3, -0.25) is 4.79 Å². The topological polar surface area (TPSA) is 43.6 Å².